The van der Waals surface area contributed by atoms with Gasteiger partial charge in [0.2, 0.25) is 0 Å². The van der Waals surface area contributed by atoms with E-state index in [2.05, 4.69) is 25.9 Å². The Labute approximate surface area is 101 Å². The van der Waals surface area contributed by atoms with Gasteiger partial charge in [0.05, 0.1) is 11.6 Å². The predicted molar refractivity (Wildman–Crippen MR) is 64.6 cm³/mol. The molecule has 0 aliphatic heterocycles. The highest BCUT2D eigenvalue weighted by atomic mass is 79.9. The SMILES string of the molecule is CN(C)c1nc(Br)cn2cc(CCl)nc12. The average Bonchev–Trinajstić information content (AvgIpc) is 2.58. The van der Waals surface area contributed by atoms with Crippen LogP contribution >= 0.6 is 27.5 Å². The van der Waals surface area contributed by atoms with E-state index >= 15 is 0 Å². The number of halogens is 2. The number of alkyl halides is 1. The van der Waals surface area contributed by atoms with Gasteiger partial charge < -0.3 is 9.30 Å². The van der Waals surface area contributed by atoms with Gasteiger partial charge in [-0.2, -0.15) is 0 Å². The van der Waals surface area contributed by atoms with Crippen LogP contribution < -0.4 is 4.90 Å². The topological polar surface area (TPSA) is 33.4 Å². The Morgan fingerprint density at radius 2 is 2.13 bits per heavy atom. The Bertz CT molecular complexity index is 494. The summed E-state index contributed by atoms with van der Waals surface area (Å²) in [7, 11) is 3.87. The summed E-state index contributed by atoms with van der Waals surface area (Å²) in [6.45, 7) is 0. The molecule has 0 bridgehead atoms. The number of rotatable bonds is 2. The van der Waals surface area contributed by atoms with E-state index in [1.807, 2.05) is 35.8 Å². The summed E-state index contributed by atoms with van der Waals surface area (Å²) in [6, 6.07) is 0. The molecule has 0 atom stereocenters. The van der Waals surface area contributed by atoms with E-state index in [0.717, 1.165) is 21.8 Å². The number of hydrogen-bond acceptors (Lipinski definition) is 3. The van der Waals surface area contributed by atoms with Crippen molar-refractivity contribution in [1.82, 2.24) is 14.4 Å². The first-order chi connectivity index (χ1) is 7.11. The standard InChI is InChI=1S/C9H10BrClN4/c1-14(2)8-9-12-6(3-11)4-15(9)5-7(10)13-8/h4-5H,3H2,1-2H3. The molecule has 4 nitrogen and oxygen atoms in total. The minimum Gasteiger partial charge on any atom is -0.360 e. The molecule has 0 fully saturated rings. The van der Waals surface area contributed by atoms with E-state index in [9.17, 15) is 0 Å². The second kappa shape index (κ2) is 3.98. The van der Waals surface area contributed by atoms with Crippen molar-refractivity contribution < 1.29 is 0 Å². The molecule has 2 aromatic rings. The second-order valence-corrected chi connectivity index (χ2v) is 4.46. The molecule has 2 heterocycles. The maximum Gasteiger partial charge on any atom is 0.180 e. The highest BCUT2D eigenvalue weighted by Gasteiger charge is 2.10. The number of imidazole rings is 1. The molecule has 0 aliphatic rings. The molecule has 0 unspecified atom stereocenters. The highest BCUT2D eigenvalue weighted by molar-refractivity contribution is 9.10. The smallest absolute Gasteiger partial charge is 0.180 e. The van der Waals surface area contributed by atoms with Crippen LogP contribution in [0.15, 0.2) is 17.0 Å². The van der Waals surface area contributed by atoms with Gasteiger partial charge in [-0.25, -0.2) is 9.97 Å². The minimum absolute atomic E-state index is 0.409. The van der Waals surface area contributed by atoms with Gasteiger partial charge in [0.1, 0.15) is 4.60 Å². The first kappa shape index (κ1) is 10.7. The largest absolute Gasteiger partial charge is 0.360 e. The van der Waals surface area contributed by atoms with Gasteiger partial charge in [0, 0.05) is 26.5 Å². The lowest BCUT2D eigenvalue weighted by atomic mass is 10.5. The third-order valence-electron chi connectivity index (χ3n) is 2.00. The molecule has 0 aliphatic carbocycles. The second-order valence-electron chi connectivity index (χ2n) is 3.38. The van der Waals surface area contributed by atoms with E-state index in [1.165, 1.54) is 0 Å². The van der Waals surface area contributed by atoms with E-state index < -0.39 is 0 Å². The Morgan fingerprint density at radius 3 is 2.73 bits per heavy atom. The van der Waals surface area contributed by atoms with E-state index in [1.54, 1.807) is 0 Å². The fraction of sp³-hybridized carbons (Fsp3) is 0.333. The molecular weight excluding hydrogens is 279 g/mol. The van der Waals surface area contributed by atoms with Crippen LogP contribution in [0.3, 0.4) is 0 Å². The molecule has 0 spiro atoms. The van der Waals surface area contributed by atoms with Crippen molar-refractivity contribution in [2.75, 3.05) is 19.0 Å². The third kappa shape index (κ3) is 1.94. The van der Waals surface area contributed by atoms with Gasteiger partial charge in [-0.1, -0.05) is 0 Å². The molecule has 6 heteroatoms. The summed E-state index contributed by atoms with van der Waals surface area (Å²) >= 11 is 9.11. The fourth-order valence-electron chi connectivity index (χ4n) is 1.37. The molecule has 15 heavy (non-hydrogen) atoms. The monoisotopic (exact) mass is 288 g/mol. The van der Waals surface area contributed by atoms with Crippen molar-refractivity contribution in [2.24, 2.45) is 0 Å². The summed E-state index contributed by atoms with van der Waals surface area (Å²) in [4.78, 5) is 10.7. The van der Waals surface area contributed by atoms with Crippen LogP contribution in [-0.2, 0) is 5.88 Å². The molecule has 0 saturated carbocycles. The zero-order chi connectivity index (χ0) is 11.0. The normalized spacial score (nSPS) is 10.9. The van der Waals surface area contributed by atoms with Crippen LogP contribution in [0.5, 0.6) is 0 Å². The summed E-state index contributed by atoms with van der Waals surface area (Å²) < 4.78 is 2.70. The van der Waals surface area contributed by atoms with E-state index in [-0.39, 0.29) is 0 Å². The van der Waals surface area contributed by atoms with Crippen molar-refractivity contribution in [2.45, 2.75) is 5.88 Å². The first-order valence-corrected chi connectivity index (χ1v) is 5.72. The quantitative estimate of drug-likeness (QED) is 0.796. The number of fused-ring (bicyclic) bond motifs is 1. The lowest BCUT2D eigenvalue weighted by Gasteiger charge is -2.12. The summed E-state index contributed by atoms with van der Waals surface area (Å²) in [5, 5.41) is 0. The molecule has 2 rings (SSSR count). The Morgan fingerprint density at radius 1 is 1.40 bits per heavy atom. The van der Waals surface area contributed by atoms with Crippen LogP contribution in [0.1, 0.15) is 5.69 Å². The van der Waals surface area contributed by atoms with Crippen molar-refractivity contribution in [1.29, 1.82) is 0 Å². The zero-order valence-corrected chi connectivity index (χ0v) is 10.7. The predicted octanol–water partition coefficient (Wildman–Crippen LogP) is 2.30. The fourth-order valence-corrected chi connectivity index (χ4v) is 1.88. The molecule has 0 radical (unpaired) electrons. The summed E-state index contributed by atoms with van der Waals surface area (Å²) in [5.41, 5.74) is 1.67. The number of anilines is 1. The van der Waals surface area contributed by atoms with E-state index in [4.69, 9.17) is 11.6 Å². The molecular formula is C9H10BrClN4. The highest BCUT2D eigenvalue weighted by Crippen LogP contribution is 2.20. The van der Waals surface area contributed by atoms with Gasteiger partial charge >= 0.3 is 0 Å². The molecule has 2 aromatic heterocycles. The van der Waals surface area contributed by atoms with Crippen LogP contribution in [0, 0.1) is 0 Å². The average molecular weight is 290 g/mol. The number of nitrogens with zero attached hydrogens (tertiary/aromatic N) is 4. The maximum atomic E-state index is 5.75. The third-order valence-corrected chi connectivity index (χ3v) is 2.66. The Hall–Kier alpha value is -0.810. The van der Waals surface area contributed by atoms with Crippen molar-refractivity contribution in [3.05, 3.63) is 22.7 Å². The number of aromatic nitrogens is 3. The van der Waals surface area contributed by atoms with Crippen LogP contribution in [0.2, 0.25) is 0 Å². The van der Waals surface area contributed by atoms with Gasteiger partial charge in [0.15, 0.2) is 11.5 Å². The van der Waals surface area contributed by atoms with Crippen LogP contribution in [0.25, 0.3) is 5.65 Å². The molecule has 0 N–H and O–H groups in total. The summed E-state index contributed by atoms with van der Waals surface area (Å²) in [5.74, 6) is 1.23. The van der Waals surface area contributed by atoms with Crippen molar-refractivity contribution >= 4 is 39.0 Å². The van der Waals surface area contributed by atoms with Crippen molar-refractivity contribution in [3.63, 3.8) is 0 Å². The first-order valence-electron chi connectivity index (χ1n) is 4.39. The van der Waals surface area contributed by atoms with Crippen molar-refractivity contribution in [3.8, 4) is 0 Å². The molecule has 0 aromatic carbocycles. The number of hydrogen-bond donors (Lipinski definition) is 0. The van der Waals surface area contributed by atoms with Gasteiger partial charge in [-0.15, -0.1) is 11.6 Å². The minimum atomic E-state index is 0.409. The molecule has 0 amide bonds. The Kier molecular flexibility index (Phi) is 2.84. The molecule has 0 saturated heterocycles. The van der Waals surface area contributed by atoms with Gasteiger partial charge in [-0.05, 0) is 15.9 Å². The van der Waals surface area contributed by atoms with Crippen LogP contribution in [-0.4, -0.2) is 28.5 Å². The van der Waals surface area contributed by atoms with E-state index in [0.29, 0.717) is 5.88 Å². The zero-order valence-electron chi connectivity index (χ0n) is 8.41. The Balaban J connectivity index is 2.72. The van der Waals surface area contributed by atoms with Crippen LogP contribution in [0.4, 0.5) is 5.82 Å². The lowest BCUT2D eigenvalue weighted by molar-refractivity contribution is 1.02. The van der Waals surface area contributed by atoms with Gasteiger partial charge in [0.25, 0.3) is 0 Å². The molecule has 80 valence electrons. The summed E-state index contributed by atoms with van der Waals surface area (Å²) in [6.07, 6.45) is 3.77. The maximum absolute atomic E-state index is 5.75. The lowest BCUT2D eigenvalue weighted by Crippen LogP contribution is -2.12. The van der Waals surface area contributed by atoms with Gasteiger partial charge in [-0.3, -0.25) is 0 Å².